The summed E-state index contributed by atoms with van der Waals surface area (Å²) >= 11 is 3.38. The molecule has 0 saturated carbocycles. The highest BCUT2D eigenvalue weighted by molar-refractivity contribution is 9.09. The lowest BCUT2D eigenvalue weighted by Crippen LogP contribution is -2.33. The number of alkyl halides is 1. The van der Waals surface area contributed by atoms with Gasteiger partial charge in [-0.1, -0.05) is 58.4 Å². The van der Waals surface area contributed by atoms with E-state index in [9.17, 15) is 9.18 Å². The Labute approximate surface area is 132 Å². The molecular formula is C17H17BrFNO. The molecule has 0 heterocycles. The smallest absolute Gasteiger partial charge is 0.227 e. The molecule has 0 fully saturated rings. The van der Waals surface area contributed by atoms with Gasteiger partial charge in [0.15, 0.2) is 0 Å². The molecule has 1 amide bonds. The molecule has 0 radical (unpaired) electrons. The van der Waals surface area contributed by atoms with Crippen LogP contribution in [0.15, 0.2) is 54.6 Å². The van der Waals surface area contributed by atoms with Gasteiger partial charge in [0.25, 0.3) is 0 Å². The highest BCUT2D eigenvalue weighted by Crippen LogP contribution is 2.09. The number of benzene rings is 2. The second kappa shape index (κ2) is 7.93. The van der Waals surface area contributed by atoms with Crippen LogP contribution in [0, 0.1) is 5.82 Å². The van der Waals surface area contributed by atoms with Crippen LogP contribution in [0.2, 0.25) is 0 Å². The van der Waals surface area contributed by atoms with E-state index < -0.39 is 0 Å². The van der Waals surface area contributed by atoms with Gasteiger partial charge in [-0.15, -0.1) is 0 Å². The predicted octanol–water partition coefficient (Wildman–Crippen LogP) is 3.79. The second-order valence-corrected chi connectivity index (χ2v) is 5.59. The molecule has 0 aromatic heterocycles. The van der Waals surface area contributed by atoms with Crippen molar-refractivity contribution in [2.45, 2.75) is 13.0 Å². The minimum atomic E-state index is -0.284. The van der Waals surface area contributed by atoms with Crippen LogP contribution in [0.1, 0.15) is 11.1 Å². The van der Waals surface area contributed by atoms with Gasteiger partial charge in [0.1, 0.15) is 5.82 Å². The van der Waals surface area contributed by atoms with E-state index in [2.05, 4.69) is 15.9 Å². The molecule has 0 aliphatic rings. The summed E-state index contributed by atoms with van der Waals surface area (Å²) in [6.07, 6.45) is 0.292. The van der Waals surface area contributed by atoms with Crippen molar-refractivity contribution in [1.29, 1.82) is 0 Å². The molecule has 0 N–H and O–H groups in total. The van der Waals surface area contributed by atoms with Gasteiger partial charge in [0.2, 0.25) is 5.91 Å². The molecule has 2 nitrogen and oxygen atoms in total. The van der Waals surface area contributed by atoms with Crippen molar-refractivity contribution < 1.29 is 9.18 Å². The van der Waals surface area contributed by atoms with Crippen LogP contribution < -0.4 is 0 Å². The first-order chi connectivity index (χ1) is 10.2. The van der Waals surface area contributed by atoms with Crippen molar-refractivity contribution in [2.24, 2.45) is 0 Å². The highest BCUT2D eigenvalue weighted by Gasteiger charge is 2.14. The van der Waals surface area contributed by atoms with E-state index in [1.54, 1.807) is 12.1 Å². The number of carbonyl (C=O) groups is 1. The molecule has 0 saturated heterocycles. The third-order valence-corrected chi connectivity index (χ3v) is 3.55. The third kappa shape index (κ3) is 4.97. The van der Waals surface area contributed by atoms with Crippen LogP contribution in [0.5, 0.6) is 0 Å². The van der Waals surface area contributed by atoms with Crippen LogP contribution in [-0.4, -0.2) is 22.7 Å². The zero-order valence-corrected chi connectivity index (χ0v) is 13.2. The topological polar surface area (TPSA) is 20.3 Å². The van der Waals surface area contributed by atoms with Gasteiger partial charge in [-0.3, -0.25) is 4.79 Å². The lowest BCUT2D eigenvalue weighted by molar-refractivity contribution is -0.130. The lowest BCUT2D eigenvalue weighted by atomic mass is 10.1. The van der Waals surface area contributed by atoms with Crippen LogP contribution in [0.25, 0.3) is 0 Å². The van der Waals surface area contributed by atoms with Crippen molar-refractivity contribution >= 4 is 21.8 Å². The molecule has 2 aromatic carbocycles. The number of hydrogen-bond acceptors (Lipinski definition) is 1. The van der Waals surface area contributed by atoms with Crippen molar-refractivity contribution in [3.8, 4) is 0 Å². The highest BCUT2D eigenvalue weighted by atomic mass is 79.9. The van der Waals surface area contributed by atoms with E-state index in [0.29, 0.717) is 19.5 Å². The zero-order valence-electron chi connectivity index (χ0n) is 11.6. The Balaban J connectivity index is 2.03. The Morgan fingerprint density at radius 2 is 1.67 bits per heavy atom. The van der Waals surface area contributed by atoms with E-state index in [1.165, 1.54) is 12.1 Å². The first-order valence-electron chi connectivity index (χ1n) is 6.81. The number of carbonyl (C=O) groups excluding carboxylic acids is 1. The summed E-state index contributed by atoms with van der Waals surface area (Å²) in [5, 5.41) is 0.731. The van der Waals surface area contributed by atoms with Crippen molar-refractivity contribution in [1.82, 2.24) is 4.90 Å². The fourth-order valence-electron chi connectivity index (χ4n) is 2.09. The monoisotopic (exact) mass is 349 g/mol. The molecule has 0 aliphatic heterocycles. The Morgan fingerprint density at radius 3 is 2.29 bits per heavy atom. The Hall–Kier alpha value is -1.68. The molecule has 0 unspecified atom stereocenters. The summed E-state index contributed by atoms with van der Waals surface area (Å²) in [4.78, 5) is 14.2. The fourth-order valence-corrected chi connectivity index (χ4v) is 2.51. The summed E-state index contributed by atoms with van der Waals surface area (Å²) in [5.74, 6) is -0.238. The molecule has 0 atom stereocenters. The summed E-state index contributed by atoms with van der Waals surface area (Å²) in [6, 6.07) is 16.0. The second-order valence-electron chi connectivity index (χ2n) is 4.79. The molecule has 0 spiro atoms. The predicted molar refractivity (Wildman–Crippen MR) is 85.8 cm³/mol. The van der Waals surface area contributed by atoms with Gasteiger partial charge in [-0.25, -0.2) is 4.39 Å². The summed E-state index contributed by atoms with van der Waals surface area (Å²) in [6.45, 7) is 1.24. The van der Waals surface area contributed by atoms with Gasteiger partial charge in [0, 0.05) is 18.4 Å². The van der Waals surface area contributed by atoms with E-state index >= 15 is 0 Å². The van der Waals surface area contributed by atoms with E-state index in [-0.39, 0.29) is 11.7 Å². The first-order valence-corrected chi connectivity index (χ1v) is 7.93. The summed E-state index contributed by atoms with van der Waals surface area (Å²) in [5.41, 5.74) is 1.93. The molecule has 110 valence electrons. The van der Waals surface area contributed by atoms with Gasteiger partial charge in [-0.2, -0.15) is 0 Å². The third-order valence-electron chi connectivity index (χ3n) is 3.19. The SMILES string of the molecule is O=C(Cc1ccc(F)cc1)N(CCBr)Cc1ccccc1. The number of rotatable bonds is 6. The Kier molecular flexibility index (Phi) is 5.93. The Bertz CT molecular complexity index is 571. The number of halogens is 2. The minimum Gasteiger partial charge on any atom is -0.337 e. The van der Waals surface area contributed by atoms with Gasteiger partial charge in [-0.05, 0) is 23.3 Å². The van der Waals surface area contributed by atoms with Crippen LogP contribution >= 0.6 is 15.9 Å². The van der Waals surface area contributed by atoms with Gasteiger partial charge in [0.05, 0.1) is 6.42 Å². The number of amides is 1. The van der Waals surface area contributed by atoms with E-state index in [0.717, 1.165) is 16.5 Å². The van der Waals surface area contributed by atoms with Crippen molar-refractivity contribution in [2.75, 3.05) is 11.9 Å². The molecular weight excluding hydrogens is 333 g/mol. The maximum Gasteiger partial charge on any atom is 0.227 e. The molecule has 2 rings (SSSR count). The Morgan fingerprint density at radius 1 is 1.00 bits per heavy atom. The zero-order chi connectivity index (χ0) is 15.1. The average molecular weight is 350 g/mol. The number of nitrogens with zero attached hydrogens (tertiary/aromatic N) is 1. The molecule has 21 heavy (non-hydrogen) atoms. The average Bonchev–Trinajstić information content (AvgIpc) is 2.50. The van der Waals surface area contributed by atoms with Gasteiger partial charge < -0.3 is 4.90 Å². The molecule has 0 aliphatic carbocycles. The summed E-state index contributed by atoms with van der Waals surface area (Å²) in [7, 11) is 0. The van der Waals surface area contributed by atoms with Crippen molar-refractivity contribution in [3.63, 3.8) is 0 Å². The van der Waals surface area contributed by atoms with E-state index in [1.807, 2.05) is 35.2 Å². The van der Waals surface area contributed by atoms with Crippen LogP contribution in [0.4, 0.5) is 4.39 Å². The largest absolute Gasteiger partial charge is 0.337 e. The molecule has 4 heteroatoms. The first kappa shape index (κ1) is 15.7. The van der Waals surface area contributed by atoms with E-state index in [4.69, 9.17) is 0 Å². The van der Waals surface area contributed by atoms with Crippen molar-refractivity contribution in [3.05, 3.63) is 71.5 Å². The maximum atomic E-state index is 12.9. The minimum absolute atomic E-state index is 0.0462. The normalized spacial score (nSPS) is 10.4. The molecule has 2 aromatic rings. The van der Waals surface area contributed by atoms with Crippen LogP contribution in [0.3, 0.4) is 0 Å². The fraction of sp³-hybridized carbons (Fsp3) is 0.235. The lowest BCUT2D eigenvalue weighted by Gasteiger charge is -2.22. The van der Waals surface area contributed by atoms with Crippen LogP contribution in [-0.2, 0) is 17.8 Å². The summed E-state index contributed by atoms with van der Waals surface area (Å²) < 4.78 is 12.9. The van der Waals surface area contributed by atoms with Gasteiger partial charge >= 0.3 is 0 Å². The number of hydrogen-bond donors (Lipinski definition) is 0. The maximum absolute atomic E-state index is 12.9. The quantitative estimate of drug-likeness (QED) is 0.726. The standard InChI is InChI=1S/C17H17BrFNO/c18-10-11-20(13-15-4-2-1-3-5-15)17(21)12-14-6-8-16(19)9-7-14/h1-9H,10-13H2. The molecule has 0 bridgehead atoms.